The molecule has 0 aliphatic heterocycles. The molecule has 0 unspecified atom stereocenters. The van der Waals surface area contributed by atoms with Crippen LogP contribution >= 0.6 is 38.9 Å². The quantitative estimate of drug-likeness (QED) is 0.636. The summed E-state index contributed by atoms with van der Waals surface area (Å²) in [7, 11) is 0. The topological polar surface area (TPSA) is 55.2 Å². The molecule has 0 atom stereocenters. The highest BCUT2D eigenvalue weighted by molar-refractivity contribution is 9.10. The van der Waals surface area contributed by atoms with E-state index in [1.54, 1.807) is 17.4 Å². The van der Waals surface area contributed by atoms with Crippen molar-refractivity contribution >= 4 is 44.6 Å². The number of hydrogen-bond donors (Lipinski definition) is 1. The molecule has 7 heteroatoms. The van der Waals surface area contributed by atoms with Gasteiger partial charge in [0.05, 0.1) is 4.92 Å². The summed E-state index contributed by atoms with van der Waals surface area (Å²) in [5.74, 6) is 0. The lowest BCUT2D eigenvalue weighted by atomic mass is 10.2. The first-order chi connectivity index (χ1) is 9.06. The van der Waals surface area contributed by atoms with Crippen LogP contribution in [0.15, 0.2) is 34.1 Å². The van der Waals surface area contributed by atoms with E-state index in [2.05, 4.69) is 21.2 Å². The van der Waals surface area contributed by atoms with Crippen LogP contribution in [0.1, 0.15) is 10.4 Å². The third-order valence-electron chi connectivity index (χ3n) is 2.47. The van der Waals surface area contributed by atoms with E-state index >= 15 is 0 Å². The van der Waals surface area contributed by atoms with Crippen LogP contribution in [0.2, 0.25) is 5.02 Å². The van der Waals surface area contributed by atoms with Crippen LogP contribution in [0.25, 0.3) is 0 Å². The van der Waals surface area contributed by atoms with E-state index in [0.29, 0.717) is 23.7 Å². The first-order valence-corrected chi connectivity index (χ1v) is 7.48. The van der Waals surface area contributed by atoms with Crippen LogP contribution in [0, 0.1) is 10.1 Å². The molecule has 0 aliphatic rings. The van der Waals surface area contributed by atoms with Crippen molar-refractivity contribution in [1.82, 2.24) is 5.32 Å². The Hall–Kier alpha value is -0.950. The molecule has 0 radical (unpaired) electrons. The minimum Gasteiger partial charge on any atom is -0.308 e. The highest BCUT2D eigenvalue weighted by Gasteiger charge is 2.13. The SMILES string of the molecule is O=[N+]([O-])c1ccc(Cl)cc1CNCc1cc(Br)cs1. The number of thiophene rings is 1. The van der Waals surface area contributed by atoms with Gasteiger partial charge in [-0.1, -0.05) is 11.6 Å². The molecule has 100 valence electrons. The third kappa shape index (κ3) is 4.01. The minimum atomic E-state index is -0.394. The van der Waals surface area contributed by atoms with Gasteiger partial charge in [0, 0.05) is 44.5 Å². The summed E-state index contributed by atoms with van der Waals surface area (Å²) in [4.78, 5) is 11.7. The molecule has 0 amide bonds. The zero-order chi connectivity index (χ0) is 13.8. The number of rotatable bonds is 5. The van der Waals surface area contributed by atoms with E-state index in [1.165, 1.54) is 12.1 Å². The molecule has 2 rings (SSSR count). The number of nitro groups is 1. The van der Waals surface area contributed by atoms with Crippen molar-refractivity contribution in [2.24, 2.45) is 0 Å². The van der Waals surface area contributed by atoms with Gasteiger partial charge >= 0.3 is 0 Å². The van der Waals surface area contributed by atoms with Gasteiger partial charge in [-0.15, -0.1) is 11.3 Å². The van der Waals surface area contributed by atoms with Gasteiger partial charge in [0.15, 0.2) is 0 Å². The van der Waals surface area contributed by atoms with Gasteiger partial charge in [-0.3, -0.25) is 10.1 Å². The van der Waals surface area contributed by atoms with E-state index in [1.807, 2.05) is 11.4 Å². The highest BCUT2D eigenvalue weighted by Crippen LogP contribution is 2.23. The first-order valence-electron chi connectivity index (χ1n) is 5.42. The molecular weight excluding hydrogens is 352 g/mol. The Kier molecular flexibility index (Phi) is 4.93. The Labute approximate surface area is 127 Å². The molecule has 1 aromatic heterocycles. The maximum absolute atomic E-state index is 10.9. The predicted molar refractivity (Wildman–Crippen MR) is 80.7 cm³/mol. The van der Waals surface area contributed by atoms with E-state index < -0.39 is 4.92 Å². The first kappa shape index (κ1) is 14.5. The zero-order valence-electron chi connectivity index (χ0n) is 9.73. The summed E-state index contributed by atoms with van der Waals surface area (Å²) in [6.45, 7) is 1.08. The number of nitro benzene ring substituents is 1. The lowest BCUT2D eigenvalue weighted by Crippen LogP contribution is -2.13. The molecule has 0 bridgehead atoms. The summed E-state index contributed by atoms with van der Waals surface area (Å²) in [6.07, 6.45) is 0. The van der Waals surface area contributed by atoms with Crippen molar-refractivity contribution in [2.75, 3.05) is 0 Å². The van der Waals surface area contributed by atoms with Crippen LogP contribution in [-0.4, -0.2) is 4.92 Å². The monoisotopic (exact) mass is 360 g/mol. The van der Waals surface area contributed by atoms with Crippen molar-refractivity contribution in [1.29, 1.82) is 0 Å². The zero-order valence-corrected chi connectivity index (χ0v) is 12.9. The van der Waals surface area contributed by atoms with Gasteiger partial charge < -0.3 is 5.32 Å². The average molecular weight is 362 g/mol. The Morgan fingerprint density at radius 2 is 2.16 bits per heavy atom. The second kappa shape index (κ2) is 6.47. The van der Waals surface area contributed by atoms with Gasteiger partial charge in [0.2, 0.25) is 0 Å². The third-order valence-corrected chi connectivity index (χ3v) is 4.41. The van der Waals surface area contributed by atoms with E-state index in [9.17, 15) is 10.1 Å². The second-order valence-corrected chi connectivity index (χ2v) is 6.21. The van der Waals surface area contributed by atoms with Crippen molar-refractivity contribution in [3.8, 4) is 0 Å². The Morgan fingerprint density at radius 1 is 1.37 bits per heavy atom. The van der Waals surface area contributed by atoms with Gasteiger partial charge in [-0.2, -0.15) is 0 Å². The normalized spacial score (nSPS) is 10.6. The van der Waals surface area contributed by atoms with Gasteiger partial charge in [-0.25, -0.2) is 0 Å². The number of halogens is 2. The summed E-state index contributed by atoms with van der Waals surface area (Å²) < 4.78 is 1.04. The van der Waals surface area contributed by atoms with Crippen molar-refractivity contribution in [3.05, 3.63) is 59.7 Å². The van der Waals surface area contributed by atoms with E-state index in [0.717, 1.165) is 9.35 Å². The summed E-state index contributed by atoms with van der Waals surface area (Å²) in [5, 5.41) is 16.6. The van der Waals surface area contributed by atoms with Crippen LogP contribution in [0.3, 0.4) is 0 Å². The Balaban J connectivity index is 2.02. The molecule has 2 aromatic rings. The standard InChI is InChI=1S/C12H10BrClN2O2S/c13-9-4-11(19-7-9)6-15-5-8-3-10(14)1-2-12(8)16(17)18/h1-4,7,15H,5-6H2. The van der Waals surface area contributed by atoms with Crippen LogP contribution in [0.5, 0.6) is 0 Å². The molecule has 19 heavy (non-hydrogen) atoms. The van der Waals surface area contributed by atoms with Crippen molar-refractivity contribution < 1.29 is 4.92 Å². The fourth-order valence-corrected chi connectivity index (χ4v) is 3.26. The largest absolute Gasteiger partial charge is 0.308 e. The number of nitrogens with zero attached hydrogens (tertiary/aromatic N) is 1. The summed E-state index contributed by atoms with van der Waals surface area (Å²) >= 11 is 10.9. The molecule has 0 aliphatic carbocycles. The van der Waals surface area contributed by atoms with Gasteiger partial charge in [0.25, 0.3) is 5.69 Å². The predicted octanol–water partition coefficient (Wildman–Crippen LogP) is 4.36. The van der Waals surface area contributed by atoms with Crippen LogP contribution in [0.4, 0.5) is 5.69 Å². The van der Waals surface area contributed by atoms with Crippen LogP contribution in [-0.2, 0) is 13.1 Å². The molecule has 0 fully saturated rings. The molecule has 4 nitrogen and oxygen atoms in total. The Bertz CT molecular complexity index is 603. The van der Waals surface area contributed by atoms with Gasteiger partial charge in [0.1, 0.15) is 0 Å². The summed E-state index contributed by atoms with van der Waals surface area (Å²) in [5.41, 5.74) is 0.678. The van der Waals surface area contributed by atoms with Gasteiger partial charge in [-0.05, 0) is 34.1 Å². The summed E-state index contributed by atoms with van der Waals surface area (Å²) in [6, 6.07) is 6.60. The van der Waals surface area contributed by atoms with Crippen molar-refractivity contribution in [3.63, 3.8) is 0 Å². The van der Waals surface area contributed by atoms with E-state index in [-0.39, 0.29) is 5.69 Å². The average Bonchev–Trinajstić information content (AvgIpc) is 2.75. The highest BCUT2D eigenvalue weighted by atomic mass is 79.9. The van der Waals surface area contributed by atoms with Crippen molar-refractivity contribution in [2.45, 2.75) is 13.1 Å². The number of hydrogen-bond acceptors (Lipinski definition) is 4. The molecule has 1 heterocycles. The number of benzene rings is 1. The Morgan fingerprint density at radius 3 is 2.79 bits per heavy atom. The molecule has 1 N–H and O–H groups in total. The van der Waals surface area contributed by atoms with E-state index in [4.69, 9.17) is 11.6 Å². The maximum Gasteiger partial charge on any atom is 0.273 e. The number of nitrogens with one attached hydrogen (secondary N) is 1. The molecule has 0 saturated carbocycles. The smallest absolute Gasteiger partial charge is 0.273 e. The lowest BCUT2D eigenvalue weighted by Gasteiger charge is -2.05. The lowest BCUT2D eigenvalue weighted by molar-refractivity contribution is -0.385. The molecule has 0 saturated heterocycles. The fourth-order valence-electron chi connectivity index (χ4n) is 1.64. The maximum atomic E-state index is 10.9. The van der Waals surface area contributed by atoms with Crippen LogP contribution < -0.4 is 5.32 Å². The minimum absolute atomic E-state index is 0.0873. The molecular formula is C12H10BrClN2O2S. The molecule has 0 spiro atoms. The second-order valence-electron chi connectivity index (χ2n) is 3.86. The molecule has 1 aromatic carbocycles. The fraction of sp³-hybridized carbons (Fsp3) is 0.167.